The van der Waals surface area contributed by atoms with Crippen LogP contribution in [0.2, 0.25) is 0 Å². The lowest BCUT2D eigenvalue weighted by Gasteiger charge is -2.36. The monoisotopic (exact) mass is 352 g/mol. The maximum Gasteiger partial charge on any atom is 0.258 e. The lowest BCUT2D eigenvalue weighted by molar-refractivity contribution is 0.0592. The van der Waals surface area contributed by atoms with Gasteiger partial charge in [0.2, 0.25) is 0 Å². The number of piperidine rings is 1. The fourth-order valence-corrected chi connectivity index (χ4v) is 3.83. The minimum atomic E-state index is 0.0538. The molecule has 0 bridgehead atoms. The molecule has 4 rings (SSSR count). The van der Waals surface area contributed by atoms with E-state index in [2.05, 4.69) is 4.98 Å². The van der Waals surface area contributed by atoms with E-state index in [9.17, 15) is 4.79 Å². The highest BCUT2D eigenvalue weighted by Crippen LogP contribution is 2.35. The number of ether oxygens (including phenoxy) is 2. The van der Waals surface area contributed by atoms with Gasteiger partial charge in [-0.1, -0.05) is 12.1 Å². The number of aromatic nitrogens is 1. The van der Waals surface area contributed by atoms with E-state index in [0.717, 1.165) is 37.9 Å². The molecule has 136 valence electrons. The van der Waals surface area contributed by atoms with Crippen molar-refractivity contribution < 1.29 is 14.3 Å². The summed E-state index contributed by atoms with van der Waals surface area (Å²) in [6, 6.07) is 11.8. The second-order valence-corrected chi connectivity index (χ2v) is 6.84. The van der Waals surface area contributed by atoms with E-state index in [0.29, 0.717) is 30.3 Å². The average molecular weight is 352 g/mol. The molecular formula is C21H24N2O3. The summed E-state index contributed by atoms with van der Waals surface area (Å²) >= 11 is 0. The van der Waals surface area contributed by atoms with Crippen LogP contribution in [0.25, 0.3) is 0 Å². The van der Waals surface area contributed by atoms with Gasteiger partial charge in [0.1, 0.15) is 13.2 Å². The summed E-state index contributed by atoms with van der Waals surface area (Å²) in [5, 5.41) is 0. The van der Waals surface area contributed by atoms with E-state index in [-0.39, 0.29) is 11.9 Å². The van der Waals surface area contributed by atoms with Gasteiger partial charge in [0.05, 0.1) is 5.56 Å². The van der Waals surface area contributed by atoms with Crippen LogP contribution in [0.3, 0.4) is 0 Å². The number of para-hydroxylation sites is 1. The van der Waals surface area contributed by atoms with Gasteiger partial charge in [-0.15, -0.1) is 0 Å². The van der Waals surface area contributed by atoms with Crippen LogP contribution in [-0.4, -0.2) is 41.6 Å². The number of fused-ring (bicyclic) bond motifs is 1. The standard InChI is InChI=1S/C21H24N2O3/c24-21(18-8-5-9-19-20(18)26-15-14-25-19)23-13-4-2-7-17(23)11-10-16-6-1-3-12-22-16/h1,3,5-6,8-9,12,17H,2,4,7,10-11,13-15H2. The summed E-state index contributed by atoms with van der Waals surface area (Å²) in [5.41, 5.74) is 1.70. The van der Waals surface area contributed by atoms with Gasteiger partial charge in [0.15, 0.2) is 11.5 Å². The van der Waals surface area contributed by atoms with Crippen LogP contribution in [0, 0.1) is 0 Å². The third-order valence-corrected chi connectivity index (χ3v) is 5.14. The number of rotatable bonds is 4. The highest BCUT2D eigenvalue weighted by molar-refractivity contribution is 5.98. The quantitative estimate of drug-likeness (QED) is 0.845. The summed E-state index contributed by atoms with van der Waals surface area (Å²) in [7, 11) is 0. The van der Waals surface area contributed by atoms with Crippen molar-refractivity contribution >= 4 is 5.91 Å². The molecule has 1 aromatic heterocycles. The highest BCUT2D eigenvalue weighted by Gasteiger charge is 2.30. The lowest BCUT2D eigenvalue weighted by atomic mass is 9.96. The first-order chi connectivity index (χ1) is 12.8. The number of carbonyl (C=O) groups excluding carboxylic acids is 1. The Balaban J connectivity index is 1.52. The molecule has 1 aromatic carbocycles. The van der Waals surface area contributed by atoms with Gasteiger partial charge in [-0.2, -0.15) is 0 Å². The number of pyridine rings is 1. The number of likely N-dealkylation sites (tertiary alicyclic amines) is 1. The minimum absolute atomic E-state index is 0.0538. The summed E-state index contributed by atoms with van der Waals surface area (Å²) in [6.45, 7) is 1.82. The molecule has 0 saturated carbocycles. The summed E-state index contributed by atoms with van der Waals surface area (Å²) in [4.78, 5) is 19.7. The van der Waals surface area contributed by atoms with Crippen LogP contribution in [-0.2, 0) is 6.42 Å². The largest absolute Gasteiger partial charge is 0.486 e. The van der Waals surface area contributed by atoms with Crippen LogP contribution < -0.4 is 9.47 Å². The summed E-state index contributed by atoms with van der Waals surface area (Å²) < 4.78 is 11.4. The molecule has 0 spiro atoms. The van der Waals surface area contributed by atoms with E-state index >= 15 is 0 Å². The van der Waals surface area contributed by atoms with Gasteiger partial charge in [-0.3, -0.25) is 9.78 Å². The molecule has 1 unspecified atom stereocenters. The van der Waals surface area contributed by atoms with Crippen molar-refractivity contribution in [3.05, 3.63) is 53.9 Å². The zero-order valence-electron chi connectivity index (χ0n) is 14.9. The first kappa shape index (κ1) is 16.9. The van der Waals surface area contributed by atoms with Crippen molar-refractivity contribution in [1.82, 2.24) is 9.88 Å². The van der Waals surface area contributed by atoms with Crippen molar-refractivity contribution in [3.63, 3.8) is 0 Å². The Morgan fingerprint density at radius 1 is 1.12 bits per heavy atom. The van der Waals surface area contributed by atoms with E-state index in [1.165, 1.54) is 6.42 Å². The molecule has 0 aliphatic carbocycles. The zero-order valence-corrected chi connectivity index (χ0v) is 14.9. The van der Waals surface area contributed by atoms with Crippen molar-refractivity contribution in [2.24, 2.45) is 0 Å². The van der Waals surface area contributed by atoms with E-state index in [4.69, 9.17) is 9.47 Å². The fraction of sp³-hybridized carbons (Fsp3) is 0.429. The van der Waals surface area contributed by atoms with Gasteiger partial charge >= 0.3 is 0 Å². The predicted molar refractivity (Wildman–Crippen MR) is 98.7 cm³/mol. The second kappa shape index (κ2) is 7.77. The molecule has 0 N–H and O–H groups in total. The van der Waals surface area contributed by atoms with Crippen molar-refractivity contribution in [2.45, 2.75) is 38.1 Å². The topological polar surface area (TPSA) is 51.7 Å². The Labute approximate surface area is 153 Å². The molecule has 26 heavy (non-hydrogen) atoms. The molecule has 0 radical (unpaired) electrons. The number of aryl methyl sites for hydroxylation is 1. The number of benzene rings is 1. The summed E-state index contributed by atoms with van der Waals surface area (Å²) in [6.07, 6.45) is 6.93. The van der Waals surface area contributed by atoms with Crippen LogP contribution in [0.4, 0.5) is 0 Å². The molecular weight excluding hydrogens is 328 g/mol. The van der Waals surface area contributed by atoms with E-state index < -0.39 is 0 Å². The van der Waals surface area contributed by atoms with Gasteiger partial charge in [-0.25, -0.2) is 0 Å². The fourth-order valence-electron chi connectivity index (χ4n) is 3.83. The van der Waals surface area contributed by atoms with Crippen molar-refractivity contribution in [3.8, 4) is 11.5 Å². The second-order valence-electron chi connectivity index (χ2n) is 6.84. The number of amides is 1. The van der Waals surface area contributed by atoms with Crippen molar-refractivity contribution in [1.29, 1.82) is 0 Å². The Kier molecular flexibility index (Phi) is 5.04. The first-order valence-electron chi connectivity index (χ1n) is 9.42. The third-order valence-electron chi connectivity index (χ3n) is 5.14. The number of hydrogen-bond acceptors (Lipinski definition) is 4. The molecule has 2 aromatic rings. The molecule has 5 nitrogen and oxygen atoms in total. The zero-order chi connectivity index (χ0) is 17.8. The smallest absolute Gasteiger partial charge is 0.258 e. The first-order valence-corrected chi connectivity index (χ1v) is 9.42. The highest BCUT2D eigenvalue weighted by atomic mass is 16.6. The maximum absolute atomic E-state index is 13.3. The molecule has 1 amide bonds. The van der Waals surface area contributed by atoms with Crippen LogP contribution >= 0.6 is 0 Å². The summed E-state index contributed by atoms with van der Waals surface area (Å²) in [5.74, 6) is 1.32. The third kappa shape index (κ3) is 3.52. The molecule has 1 fully saturated rings. The molecule has 2 aliphatic rings. The maximum atomic E-state index is 13.3. The molecule has 3 heterocycles. The Hall–Kier alpha value is -2.56. The van der Waals surface area contributed by atoms with Gasteiger partial charge in [0, 0.05) is 24.5 Å². The Morgan fingerprint density at radius 2 is 2.04 bits per heavy atom. The van der Waals surface area contributed by atoms with Crippen LogP contribution in [0.15, 0.2) is 42.6 Å². The van der Waals surface area contributed by atoms with Gasteiger partial charge < -0.3 is 14.4 Å². The van der Waals surface area contributed by atoms with Crippen LogP contribution in [0.1, 0.15) is 41.7 Å². The Morgan fingerprint density at radius 3 is 2.92 bits per heavy atom. The number of hydrogen-bond donors (Lipinski definition) is 0. The Bertz CT molecular complexity index is 763. The molecule has 1 atom stereocenters. The van der Waals surface area contributed by atoms with Crippen LogP contribution in [0.5, 0.6) is 11.5 Å². The molecule has 2 aliphatic heterocycles. The SMILES string of the molecule is O=C(c1cccc2c1OCCO2)N1CCCCC1CCc1ccccn1. The number of nitrogens with zero attached hydrogens (tertiary/aromatic N) is 2. The predicted octanol–water partition coefficient (Wildman–Crippen LogP) is 3.48. The van der Waals surface area contributed by atoms with Gasteiger partial charge in [0.25, 0.3) is 5.91 Å². The lowest BCUT2D eigenvalue weighted by Crippen LogP contribution is -2.44. The minimum Gasteiger partial charge on any atom is -0.486 e. The number of carbonyl (C=O) groups is 1. The molecule has 1 saturated heterocycles. The molecule has 5 heteroatoms. The normalized spacial score (nSPS) is 19.2. The van der Waals surface area contributed by atoms with Gasteiger partial charge in [-0.05, 0) is 56.4 Å². The van der Waals surface area contributed by atoms with E-state index in [1.807, 2.05) is 47.5 Å². The average Bonchev–Trinajstić information content (AvgIpc) is 2.72. The van der Waals surface area contributed by atoms with E-state index in [1.54, 1.807) is 0 Å². The van der Waals surface area contributed by atoms with Crippen molar-refractivity contribution in [2.75, 3.05) is 19.8 Å².